The van der Waals surface area contributed by atoms with Gasteiger partial charge >= 0.3 is 6.03 Å². The summed E-state index contributed by atoms with van der Waals surface area (Å²) >= 11 is 5.92. The molecule has 0 saturated carbocycles. The predicted molar refractivity (Wildman–Crippen MR) is 87.0 cm³/mol. The summed E-state index contributed by atoms with van der Waals surface area (Å²) in [4.78, 5) is 26.4. The molecule has 0 fully saturated rings. The summed E-state index contributed by atoms with van der Waals surface area (Å²) in [6.07, 6.45) is 1.57. The third kappa shape index (κ3) is 2.55. The van der Waals surface area contributed by atoms with Gasteiger partial charge in [-0.25, -0.2) is 4.79 Å². The van der Waals surface area contributed by atoms with Gasteiger partial charge in [0.25, 0.3) is 5.91 Å². The van der Waals surface area contributed by atoms with E-state index >= 15 is 0 Å². The lowest BCUT2D eigenvalue weighted by Crippen LogP contribution is -2.44. The van der Waals surface area contributed by atoms with Crippen LogP contribution in [0, 0.1) is 0 Å². The molecular weight excluding hydrogens is 330 g/mol. The zero-order valence-corrected chi connectivity index (χ0v) is 13.3. The Balaban J connectivity index is 1.64. The van der Waals surface area contributed by atoms with Gasteiger partial charge < -0.3 is 20.0 Å². The van der Waals surface area contributed by atoms with Crippen LogP contribution in [0.3, 0.4) is 0 Å². The first-order valence-electron chi connectivity index (χ1n) is 7.49. The summed E-state index contributed by atoms with van der Waals surface area (Å²) in [5.41, 5.74) is 2.01. The van der Waals surface area contributed by atoms with E-state index < -0.39 is 6.04 Å². The quantitative estimate of drug-likeness (QED) is 0.899. The minimum absolute atomic E-state index is 0.117. The maximum absolute atomic E-state index is 12.8. The number of urea groups is 1. The molecule has 2 aromatic rings. The molecule has 1 aromatic heterocycles. The van der Waals surface area contributed by atoms with Gasteiger partial charge in [-0.1, -0.05) is 23.7 Å². The smallest absolute Gasteiger partial charge is 0.319 e. The first-order chi connectivity index (χ1) is 11.6. The number of nitrogens with zero attached hydrogens (tertiary/aromatic N) is 1. The molecule has 1 atom stereocenters. The van der Waals surface area contributed by atoms with Gasteiger partial charge in [-0.3, -0.25) is 4.79 Å². The van der Waals surface area contributed by atoms with E-state index in [0.29, 0.717) is 35.1 Å². The molecule has 0 aliphatic carbocycles. The van der Waals surface area contributed by atoms with Crippen LogP contribution in [0.2, 0.25) is 5.02 Å². The standard InChI is InChI=1S/C17H14ClN3O3/c18-11-5-3-10(4-6-11)15-14-13(19-17(23)20-15)9-21(16(14)22)8-12-2-1-7-24-12/h1-7,15H,8-9H2,(H2,19,20,23)/t15-/m0/s1. The molecule has 0 spiro atoms. The molecule has 0 saturated heterocycles. The Bertz CT molecular complexity index is 827. The highest BCUT2D eigenvalue weighted by atomic mass is 35.5. The number of carbonyl (C=O) groups is 2. The molecule has 0 radical (unpaired) electrons. The van der Waals surface area contributed by atoms with Crippen molar-refractivity contribution in [2.24, 2.45) is 0 Å². The van der Waals surface area contributed by atoms with Gasteiger partial charge in [0, 0.05) is 5.02 Å². The van der Waals surface area contributed by atoms with Crippen LogP contribution in [0.25, 0.3) is 0 Å². The zero-order chi connectivity index (χ0) is 16.7. The number of amides is 3. The lowest BCUT2D eigenvalue weighted by Gasteiger charge is -2.25. The van der Waals surface area contributed by atoms with Crippen LogP contribution in [0.1, 0.15) is 17.4 Å². The Labute approximate surface area is 143 Å². The largest absolute Gasteiger partial charge is 0.467 e. The molecule has 3 heterocycles. The van der Waals surface area contributed by atoms with E-state index in [1.54, 1.807) is 29.4 Å². The molecule has 7 heteroatoms. The number of hydrogen-bond donors (Lipinski definition) is 2. The summed E-state index contributed by atoms with van der Waals surface area (Å²) in [5.74, 6) is 0.583. The van der Waals surface area contributed by atoms with Crippen molar-refractivity contribution < 1.29 is 14.0 Å². The summed E-state index contributed by atoms with van der Waals surface area (Å²) in [6.45, 7) is 0.717. The minimum Gasteiger partial charge on any atom is -0.467 e. The minimum atomic E-state index is -0.486. The molecule has 1 aromatic carbocycles. The fourth-order valence-corrected chi connectivity index (χ4v) is 3.18. The van der Waals surface area contributed by atoms with Crippen molar-refractivity contribution in [3.05, 3.63) is 70.3 Å². The van der Waals surface area contributed by atoms with Crippen LogP contribution in [-0.2, 0) is 11.3 Å². The molecule has 0 unspecified atom stereocenters. The molecule has 3 amide bonds. The van der Waals surface area contributed by atoms with Crippen LogP contribution in [0.15, 0.2) is 58.3 Å². The van der Waals surface area contributed by atoms with Gasteiger partial charge in [-0.15, -0.1) is 0 Å². The van der Waals surface area contributed by atoms with Crippen LogP contribution in [0.4, 0.5) is 4.79 Å². The van der Waals surface area contributed by atoms with E-state index in [9.17, 15) is 9.59 Å². The normalized spacial score (nSPS) is 20.0. The van der Waals surface area contributed by atoms with Crippen LogP contribution in [-0.4, -0.2) is 23.4 Å². The van der Waals surface area contributed by atoms with E-state index in [0.717, 1.165) is 5.56 Å². The highest BCUT2D eigenvalue weighted by Crippen LogP contribution is 2.33. The summed E-state index contributed by atoms with van der Waals surface area (Å²) in [6, 6.07) is 9.90. The average Bonchev–Trinajstić information content (AvgIpc) is 3.17. The summed E-state index contributed by atoms with van der Waals surface area (Å²) in [7, 11) is 0. The molecule has 4 rings (SSSR count). The van der Waals surface area contributed by atoms with Crippen molar-refractivity contribution in [3.8, 4) is 0 Å². The third-order valence-corrected chi connectivity index (χ3v) is 4.40. The van der Waals surface area contributed by atoms with Gasteiger partial charge in [0.05, 0.1) is 36.7 Å². The van der Waals surface area contributed by atoms with E-state index in [1.807, 2.05) is 18.2 Å². The fourth-order valence-electron chi connectivity index (χ4n) is 3.05. The third-order valence-electron chi connectivity index (χ3n) is 4.15. The SMILES string of the molecule is O=C1NC2=C(C(=O)N(Cc3ccco3)C2)[C@H](c2ccc(Cl)cc2)N1. The Kier molecular flexibility index (Phi) is 3.54. The number of rotatable bonds is 3. The van der Waals surface area contributed by atoms with Crippen molar-refractivity contribution in [1.82, 2.24) is 15.5 Å². The van der Waals surface area contributed by atoms with E-state index in [4.69, 9.17) is 16.0 Å². The summed E-state index contributed by atoms with van der Waals surface area (Å²) < 4.78 is 5.31. The first-order valence-corrected chi connectivity index (χ1v) is 7.87. The Hall–Kier alpha value is -2.73. The highest BCUT2D eigenvalue weighted by molar-refractivity contribution is 6.30. The monoisotopic (exact) mass is 343 g/mol. The maximum atomic E-state index is 12.8. The predicted octanol–water partition coefficient (Wildman–Crippen LogP) is 2.58. The van der Waals surface area contributed by atoms with Crippen molar-refractivity contribution in [1.29, 1.82) is 0 Å². The van der Waals surface area contributed by atoms with Gasteiger partial charge in [-0.05, 0) is 29.8 Å². The second kappa shape index (κ2) is 5.72. The molecule has 2 aliphatic heterocycles. The van der Waals surface area contributed by atoms with Crippen molar-refractivity contribution in [3.63, 3.8) is 0 Å². The summed E-state index contributed by atoms with van der Waals surface area (Å²) in [5, 5.41) is 6.15. The number of nitrogens with one attached hydrogen (secondary N) is 2. The van der Waals surface area contributed by atoms with Gasteiger partial charge in [0.1, 0.15) is 5.76 Å². The van der Waals surface area contributed by atoms with Gasteiger partial charge in [0.2, 0.25) is 0 Å². The van der Waals surface area contributed by atoms with E-state index in [-0.39, 0.29) is 11.9 Å². The first kappa shape index (κ1) is 14.8. The van der Waals surface area contributed by atoms with Crippen molar-refractivity contribution in [2.45, 2.75) is 12.6 Å². The Morgan fingerprint density at radius 3 is 2.71 bits per heavy atom. The Morgan fingerprint density at radius 2 is 2.00 bits per heavy atom. The average molecular weight is 344 g/mol. The van der Waals surface area contributed by atoms with Gasteiger partial charge in [0.15, 0.2) is 0 Å². The highest BCUT2D eigenvalue weighted by Gasteiger charge is 2.40. The lowest BCUT2D eigenvalue weighted by molar-refractivity contribution is -0.126. The molecular formula is C17H14ClN3O3. The van der Waals surface area contributed by atoms with Crippen molar-refractivity contribution >= 4 is 23.5 Å². The maximum Gasteiger partial charge on any atom is 0.319 e. The molecule has 0 bridgehead atoms. The van der Waals surface area contributed by atoms with Crippen molar-refractivity contribution in [2.75, 3.05) is 6.54 Å². The van der Waals surface area contributed by atoms with E-state index in [2.05, 4.69) is 10.6 Å². The van der Waals surface area contributed by atoms with Crippen LogP contribution in [0.5, 0.6) is 0 Å². The van der Waals surface area contributed by atoms with Crippen LogP contribution < -0.4 is 10.6 Å². The fraction of sp³-hybridized carbons (Fsp3) is 0.176. The number of benzene rings is 1. The molecule has 122 valence electrons. The van der Waals surface area contributed by atoms with Gasteiger partial charge in [-0.2, -0.15) is 0 Å². The molecule has 2 N–H and O–H groups in total. The molecule has 6 nitrogen and oxygen atoms in total. The number of hydrogen-bond acceptors (Lipinski definition) is 3. The van der Waals surface area contributed by atoms with E-state index in [1.165, 1.54) is 0 Å². The Morgan fingerprint density at radius 1 is 1.21 bits per heavy atom. The number of halogens is 1. The number of carbonyl (C=O) groups excluding carboxylic acids is 2. The molecule has 24 heavy (non-hydrogen) atoms. The van der Waals surface area contributed by atoms with Crippen LogP contribution >= 0.6 is 11.6 Å². The number of furan rings is 1. The second-order valence-electron chi connectivity index (χ2n) is 5.72. The second-order valence-corrected chi connectivity index (χ2v) is 6.15. The zero-order valence-electron chi connectivity index (χ0n) is 12.6. The topological polar surface area (TPSA) is 74.6 Å². The molecule has 2 aliphatic rings. The lowest BCUT2D eigenvalue weighted by atomic mass is 9.96.